The van der Waals surface area contributed by atoms with Gasteiger partial charge in [-0.15, -0.1) is 0 Å². The number of esters is 2. The first-order valence-corrected chi connectivity index (χ1v) is 15.7. The molecule has 3 N–H and O–H groups in total. The Labute approximate surface area is 300 Å². The average Bonchev–Trinajstić information content (AvgIpc) is 3.94. The Morgan fingerprint density at radius 2 is 1.28 bits per heavy atom. The van der Waals surface area contributed by atoms with E-state index >= 15 is 0 Å². The highest BCUT2D eigenvalue weighted by Crippen LogP contribution is 2.42. The highest BCUT2D eigenvalue weighted by molar-refractivity contribution is 6.18. The van der Waals surface area contributed by atoms with Crippen LogP contribution < -0.4 is 10.3 Å². The van der Waals surface area contributed by atoms with Crippen LogP contribution in [0.1, 0.15) is 49.7 Å². The van der Waals surface area contributed by atoms with Gasteiger partial charge in [0.15, 0.2) is 0 Å². The van der Waals surface area contributed by atoms with Gasteiger partial charge in [-0.3, -0.25) is 4.79 Å². The number of aromatic nitrogens is 4. The summed E-state index contributed by atoms with van der Waals surface area (Å²) in [5.74, 6) is -1.77. The van der Waals surface area contributed by atoms with E-state index < -0.39 is 23.6 Å². The minimum atomic E-state index is -0.628. The number of pyridine rings is 2. The number of H-pyrrole nitrogens is 3. The van der Waals surface area contributed by atoms with Crippen molar-refractivity contribution in [2.45, 2.75) is 28.7 Å². The van der Waals surface area contributed by atoms with Gasteiger partial charge in [0.05, 0.1) is 71.0 Å². The molecular weight excluding hydrogens is 690 g/mol. The largest absolute Gasteiger partial charge is 0.481 e. The minimum absolute atomic E-state index is 0. The van der Waals surface area contributed by atoms with Gasteiger partial charge in [0.2, 0.25) is 5.88 Å². The maximum Gasteiger partial charge on any atom is 0.355 e. The van der Waals surface area contributed by atoms with Gasteiger partial charge < -0.3 is 38.0 Å². The molecule has 6 aromatic heterocycles. The van der Waals surface area contributed by atoms with E-state index in [9.17, 15) is 23.2 Å². The number of carbonyl (C=O) groups excluding carboxylic acids is 2. The molecule has 14 heteroatoms. The fourth-order valence-electron chi connectivity index (χ4n) is 6.13. The second-order valence-corrected chi connectivity index (χ2v) is 11.1. The summed E-state index contributed by atoms with van der Waals surface area (Å²) in [5.41, 5.74) is 2.95. The predicted octanol–water partition coefficient (Wildman–Crippen LogP) is 9.16. The lowest BCUT2D eigenvalue weighted by Gasteiger charge is -2.09. The van der Waals surface area contributed by atoms with E-state index in [0.717, 1.165) is 0 Å². The summed E-state index contributed by atoms with van der Waals surface area (Å²) >= 11 is 0. The van der Waals surface area contributed by atoms with Gasteiger partial charge in [0, 0.05) is 29.1 Å². The maximum atomic E-state index is 14.4. The molecule has 6 heterocycles. The van der Waals surface area contributed by atoms with Crippen LogP contribution in [0.2, 0.25) is 0 Å². The monoisotopic (exact) mass is 726 g/mol. The van der Waals surface area contributed by atoms with Crippen LogP contribution in [-0.4, -0.2) is 52.2 Å². The molecule has 0 aliphatic heterocycles. The van der Waals surface area contributed by atoms with Crippen molar-refractivity contribution in [2.75, 3.05) is 20.3 Å². The molecule has 12 nitrogen and oxygen atoms in total. The first-order valence-electron chi connectivity index (χ1n) is 15.7. The number of carbonyl (C=O) groups is 2. The van der Waals surface area contributed by atoms with Gasteiger partial charge in [0.25, 0.3) is 5.56 Å². The third kappa shape index (κ3) is 6.39. The molecule has 8 aromatic rings. The summed E-state index contributed by atoms with van der Waals surface area (Å²) in [7, 11) is 1.49. The molecule has 0 bridgehead atoms. The van der Waals surface area contributed by atoms with E-state index in [2.05, 4.69) is 19.9 Å². The quantitative estimate of drug-likeness (QED) is 0.136. The van der Waals surface area contributed by atoms with Crippen molar-refractivity contribution < 1.29 is 41.4 Å². The highest BCUT2D eigenvalue weighted by Gasteiger charge is 2.27. The Hall–Kier alpha value is -6.70. The predicted molar refractivity (Wildman–Crippen MR) is 197 cm³/mol. The number of fused-ring (bicyclic) bond motifs is 6. The van der Waals surface area contributed by atoms with Crippen molar-refractivity contribution in [3.8, 4) is 28.1 Å². The van der Waals surface area contributed by atoms with Gasteiger partial charge in [-0.1, -0.05) is 14.9 Å². The van der Waals surface area contributed by atoms with E-state index in [1.165, 1.54) is 44.0 Å². The summed E-state index contributed by atoms with van der Waals surface area (Å²) in [5, 5.41) is 1.63. The molecule has 0 fully saturated rings. The highest BCUT2D eigenvalue weighted by atomic mass is 19.1. The number of nitrogens with one attached hydrogen (secondary N) is 3. The average molecular weight is 727 g/mol. The fraction of sp³-hybridized carbons (Fsp3) is 0.179. The Bertz CT molecular complexity index is 2670. The minimum Gasteiger partial charge on any atom is -0.481 e. The lowest BCUT2D eigenvalue weighted by molar-refractivity contribution is 0.0512. The maximum absolute atomic E-state index is 14.4. The molecule has 8 rings (SSSR count). The number of methoxy groups -OCH3 is 1. The van der Waals surface area contributed by atoms with E-state index in [1.807, 2.05) is 0 Å². The van der Waals surface area contributed by atoms with Crippen LogP contribution in [0.15, 0.2) is 87.1 Å². The SMILES string of the molecule is C.C.CCOC(=O)c1[nH]c2cc(F)c3ccoc3c2c1-c1ccc[nH]c1=O.CCOC(=O)c1[nH]c2cc(F)c3ccoc3c2c1-c1cccnc1OC. The first kappa shape index (κ1) is 37.6. The molecule has 0 spiro atoms. The molecule has 0 unspecified atom stereocenters. The molecule has 0 aliphatic carbocycles. The lowest BCUT2D eigenvalue weighted by Crippen LogP contribution is -2.11. The van der Waals surface area contributed by atoms with Crippen molar-refractivity contribution in [1.82, 2.24) is 19.9 Å². The summed E-state index contributed by atoms with van der Waals surface area (Å²) in [6, 6.07) is 12.4. The third-order valence-electron chi connectivity index (χ3n) is 8.18. The number of aromatic amines is 3. The van der Waals surface area contributed by atoms with Crippen LogP contribution >= 0.6 is 0 Å². The summed E-state index contributed by atoms with van der Waals surface area (Å²) < 4.78 is 55.2. The van der Waals surface area contributed by atoms with Crippen molar-refractivity contribution in [1.29, 1.82) is 0 Å². The van der Waals surface area contributed by atoms with Gasteiger partial charge in [-0.25, -0.2) is 23.4 Å². The molecule has 0 amide bonds. The van der Waals surface area contributed by atoms with Crippen LogP contribution in [0.25, 0.3) is 66.0 Å². The number of ether oxygens (including phenoxy) is 3. The second kappa shape index (κ2) is 15.3. The Kier molecular flexibility index (Phi) is 10.8. The lowest BCUT2D eigenvalue weighted by atomic mass is 10.0. The number of benzene rings is 2. The van der Waals surface area contributed by atoms with Crippen LogP contribution in [0.5, 0.6) is 5.88 Å². The summed E-state index contributed by atoms with van der Waals surface area (Å²) in [6.45, 7) is 3.78. The summed E-state index contributed by atoms with van der Waals surface area (Å²) in [6.07, 6.45) is 5.86. The van der Waals surface area contributed by atoms with Crippen molar-refractivity contribution in [2.24, 2.45) is 0 Å². The zero-order chi connectivity index (χ0) is 35.8. The van der Waals surface area contributed by atoms with Crippen LogP contribution in [-0.2, 0) is 9.47 Å². The van der Waals surface area contributed by atoms with E-state index in [-0.39, 0.29) is 61.5 Å². The van der Waals surface area contributed by atoms with E-state index in [1.54, 1.807) is 50.4 Å². The van der Waals surface area contributed by atoms with Crippen LogP contribution in [0.4, 0.5) is 8.78 Å². The molecular formula is C39H36F2N4O8. The van der Waals surface area contributed by atoms with Crippen molar-refractivity contribution in [3.63, 3.8) is 0 Å². The number of halogens is 2. The first-order chi connectivity index (χ1) is 24.8. The molecule has 0 radical (unpaired) electrons. The number of hydrogen-bond acceptors (Lipinski definition) is 9. The zero-order valence-electron chi connectivity index (χ0n) is 27.3. The second-order valence-electron chi connectivity index (χ2n) is 11.1. The standard InChI is InChI=1S/C19H15FN2O4.C18H13FN2O4.2CH4/c1-3-25-19(23)16-14(11-5-4-7-21-18(11)24-2)15-13(22-16)9-12(20)10-6-8-26-17(10)15;1-2-24-18(23)15-13(10-4-3-6-20-17(10)22)14-12(21-15)8-11(19)9-5-7-25-16(9)14;;/h4-9,22H,3H2,1-2H3;3-8,21H,2H2,1H3,(H,20,22);2*1H4. The van der Waals surface area contributed by atoms with Crippen molar-refractivity contribution in [3.05, 3.63) is 107 Å². The molecule has 0 atom stereocenters. The summed E-state index contributed by atoms with van der Waals surface area (Å²) in [4.78, 5) is 49.8. The Morgan fingerprint density at radius 1 is 0.774 bits per heavy atom. The zero-order valence-corrected chi connectivity index (χ0v) is 27.3. The number of nitrogens with zero attached hydrogens (tertiary/aromatic N) is 1. The number of furan rings is 2. The topological polar surface area (TPSA) is 165 Å². The van der Waals surface area contributed by atoms with Gasteiger partial charge in [-0.05, 0) is 62.4 Å². The molecule has 0 aliphatic rings. The van der Waals surface area contributed by atoms with Crippen LogP contribution in [0.3, 0.4) is 0 Å². The number of rotatable bonds is 7. The molecule has 0 saturated carbocycles. The smallest absolute Gasteiger partial charge is 0.355 e. The van der Waals surface area contributed by atoms with Gasteiger partial charge in [-0.2, -0.15) is 0 Å². The molecule has 53 heavy (non-hydrogen) atoms. The number of hydrogen-bond donors (Lipinski definition) is 3. The van der Waals surface area contributed by atoms with Gasteiger partial charge >= 0.3 is 11.9 Å². The fourth-order valence-corrected chi connectivity index (χ4v) is 6.13. The van der Waals surface area contributed by atoms with Gasteiger partial charge in [0.1, 0.15) is 34.2 Å². The van der Waals surface area contributed by atoms with Crippen LogP contribution in [0, 0.1) is 11.6 Å². The van der Waals surface area contributed by atoms with Crippen molar-refractivity contribution >= 4 is 55.7 Å². The van der Waals surface area contributed by atoms with E-state index in [4.69, 9.17) is 23.0 Å². The van der Waals surface area contributed by atoms with E-state index in [0.29, 0.717) is 55.3 Å². The Balaban J connectivity index is 0.000000197. The molecule has 274 valence electrons. The third-order valence-corrected chi connectivity index (χ3v) is 8.18. The molecule has 0 saturated heterocycles. The molecule has 2 aromatic carbocycles. The Morgan fingerprint density at radius 3 is 1.77 bits per heavy atom. The normalized spacial score (nSPS) is 10.8.